The first-order chi connectivity index (χ1) is 8.97. The summed E-state index contributed by atoms with van der Waals surface area (Å²) < 4.78 is 0. The van der Waals surface area contributed by atoms with E-state index in [0.29, 0.717) is 10.6 Å². The van der Waals surface area contributed by atoms with Gasteiger partial charge < -0.3 is 5.73 Å². The van der Waals surface area contributed by atoms with Crippen molar-refractivity contribution in [2.24, 2.45) is 5.73 Å². The molecule has 0 unspecified atom stereocenters. The third-order valence-electron chi connectivity index (χ3n) is 2.81. The molecule has 0 aromatic heterocycles. The molecule has 0 aliphatic rings. The maximum atomic E-state index is 7.40. The van der Waals surface area contributed by atoms with E-state index in [1.807, 2.05) is 12.1 Å². The molecule has 0 bridgehead atoms. The number of rotatable bonds is 3. The average Bonchev–Trinajstić information content (AvgIpc) is 2.36. The highest BCUT2D eigenvalue weighted by molar-refractivity contribution is 7.99. The number of aryl methyl sites for hydroxylation is 2. The lowest BCUT2D eigenvalue weighted by atomic mass is 10.2. The quantitative estimate of drug-likeness (QED) is 0.650. The molecule has 2 rings (SSSR count). The molecule has 2 aromatic carbocycles. The number of benzene rings is 2. The predicted octanol–water partition coefficient (Wildman–Crippen LogP) is 4.39. The molecule has 0 heterocycles. The first kappa shape index (κ1) is 14.0. The van der Waals surface area contributed by atoms with Gasteiger partial charge in [0.05, 0.1) is 5.02 Å². The van der Waals surface area contributed by atoms with Crippen LogP contribution in [0.3, 0.4) is 0 Å². The van der Waals surface area contributed by atoms with Gasteiger partial charge in [-0.25, -0.2) is 0 Å². The molecule has 4 heteroatoms. The van der Waals surface area contributed by atoms with Gasteiger partial charge in [-0.15, -0.1) is 0 Å². The first-order valence-corrected chi connectivity index (χ1v) is 7.06. The topological polar surface area (TPSA) is 49.9 Å². The summed E-state index contributed by atoms with van der Waals surface area (Å²) in [6.07, 6.45) is 0. The molecule has 98 valence electrons. The van der Waals surface area contributed by atoms with Gasteiger partial charge in [-0.05, 0) is 43.2 Å². The smallest absolute Gasteiger partial charge is 0.122 e. The van der Waals surface area contributed by atoms with E-state index >= 15 is 0 Å². The van der Waals surface area contributed by atoms with Crippen molar-refractivity contribution in [2.45, 2.75) is 23.6 Å². The van der Waals surface area contributed by atoms with E-state index in [9.17, 15) is 0 Å². The Balaban J connectivity index is 2.33. The lowest BCUT2D eigenvalue weighted by Gasteiger charge is -2.09. The van der Waals surface area contributed by atoms with Gasteiger partial charge in [-0.2, -0.15) is 0 Å². The number of nitrogens with one attached hydrogen (secondary N) is 1. The molecule has 0 aliphatic carbocycles. The number of halogens is 1. The van der Waals surface area contributed by atoms with Gasteiger partial charge in [0.1, 0.15) is 5.84 Å². The molecule has 0 radical (unpaired) electrons. The molecule has 0 saturated carbocycles. The number of nitrogen functional groups attached to an aromatic ring is 1. The van der Waals surface area contributed by atoms with Crippen LogP contribution in [0.5, 0.6) is 0 Å². The van der Waals surface area contributed by atoms with E-state index < -0.39 is 0 Å². The van der Waals surface area contributed by atoms with E-state index in [1.165, 1.54) is 16.0 Å². The molecule has 0 atom stereocenters. The highest BCUT2D eigenvalue weighted by Crippen LogP contribution is 2.35. The molecule has 2 nitrogen and oxygen atoms in total. The van der Waals surface area contributed by atoms with Gasteiger partial charge in [0.15, 0.2) is 0 Å². The van der Waals surface area contributed by atoms with Gasteiger partial charge in [0.2, 0.25) is 0 Å². The Morgan fingerprint density at radius 3 is 2.47 bits per heavy atom. The summed E-state index contributed by atoms with van der Waals surface area (Å²) in [7, 11) is 0. The Morgan fingerprint density at radius 2 is 1.84 bits per heavy atom. The zero-order valence-corrected chi connectivity index (χ0v) is 12.4. The molecule has 0 amide bonds. The summed E-state index contributed by atoms with van der Waals surface area (Å²) >= 11 is 7.87. The van der Waals surface area contributed by atoms with Crippen molar-refractivity contribution in [3.8, 4) is 0 Å². The van der Waals surface area contributed by atoms with Crippen LogP contribution in [-0.2, 0) is 0 Å². The van der Waals surface area contributed by atoms with Crippen LogP contribution in [0.4, 0.5) is 0 Å². The van der Waals surface area contributed by atoms with Crippen LogP contribution >= 0.6 is 23.4 Å². The fraction of sp³-hybridized carbons (Fsp3) is 0.133. The summed E-state index contributed by atoms with van der Waals surface area (Å²) in [6.45, 7) is 4.16. The van der Waals surface area contributed by atoms with Crippen LogP contribution in [0.2, 0.25) is 5.02 Å². The Hall–Kier alpha value is -1.45. The van der Waals surface area contributed by atoms with Crippen molar-refractivity contribution < 1.29 is 0 Å². The highest BCUT2D eigenvalue weighted by Gasteiger charge is 2.07. The van der Waals surface area contributed by atoms with Crippen LogP contribution in [0.15, 0.2) is 46.2 Å². The van der Waals surface area contributed by atoms with E-state index in [1.54, 1.807) is 17.8 Å². The van der Waals surface area contributed by atoms with Crippen molar-refractivity contribution in [3.05, 3.63) is 58.1 Å². The Labute approximate surface area is 122 Å². The number of hydrogen-bond acceptors (Lipinski definition) is 2. The third kappa shape index (κ3) is 3.31. The van der Waals surface area contributed by atoms with Crippen LogP contribution in [-0.4, -0.2) is 5.84 Å². The third-order valence-corrected chi connectivity index (χ3v) is 4.47. The summed E-state index contributed by atoms with van der Waals surface area (Å²) in [4.78, 5) is 2.16. The lowest BCUT2D eigenvalue weighted by Crippen LogP contribution is -2.10. The molecule has 0 fully saturated rings. The van der Waals surface area contributed by atoms with Gasteiger partial charge in [-0.1, -0.05) is 41.6 Å². The standard InChI is InChI=1S/C15H15ClN2S/c1-9-3-4-10(2)14(7-9)19-13-6-5-11(15(17)18)8-12(13)16/h3-8H,1-2H3,(H3,17,18). The largest absolute Gasteiger partial charge is 0.384 e. The molecular formula is C15H15ClN2S. The second-order valence-electron chi connectivity index (χ2n) is 4.43. The Morgan fingerprint density at radius 1 is 1.11 bits per heavy atom. The Bertz CT molecular complexity index is 638. The zero-order valence-electron chi connectivity index (χ0n) is 10.8. The molecule has 0 spiro atoms. The first-order valence-electron chi connectivity index (χ1n) is 5.86. The Kier molecular flexibility index (Phi) is 4.17. The highest BCUT2D eigenvalue weighted by atomic mass is 35.5. The number of amidine groups is 1. The van der Waals surface area contributed by atoms with Crippen LogP contribution in [0.1, 0.15) is 16.7 Å². The van der Waals surface area contributed by atoms with Crippen LogP contribution < -0.4 is 5.73 Å². The van der Waals surface area contributed by atoms with E-state index in [-0.39, 0.29) is 5.84 Å². The number of nitrogens with two attached hydrogens (primary N) is 1. The minimum atomic E-state index is 0.0326. The predicted molar refractivity (Wildman–Crippen MR) is 82.5 cm³/mol. The van der Waals surface area contributed by atoms with Gasteiger partial charge >= 0.3 is 0 Å². The summed E-state index contributed by atoms with van der Waals surface area (Å²) in [5.41, 5.74) is 8.55. The minimum Gasteiger partial charge on any atom is -0.384 e. The van der Waals surface area contributed by atoms with Crippen molar-refractivity contribution in [2.75, 3.05) is 0 Å². The van der Waals surface area contributed by atoms with Gasteiger partial charge in [0.25, 0.3) is 0 Å². The van der Waals surface area contributed by atoms with Crippen molar-refractivity contribution in [3.63, 3.8) is 0 Å². The second-order valence-corrected chi connectivity index (χ2v) is 5.92. The molecule has 3 N–H and O–H groups in total. The second kappa shape index (κ2) is 5.68. The maximum absolute atomic E-state index is 7.40. The summed E-state index contributed by atoms with van der Waals surface area (Å²) in [6, 6.07) is 11.8. The van der Waals surface area contributed by atoms with Crippen LogP contribution in [0.25, 0.3) is 0 Å². The molecule has 19 heavy (non-hydrogen) atoms. The summed E-state index contributed by atoms with van der Waals surface area (Å²) in [5.74, 6) is 0.0326. The van der Waals surface area contributed by atoms with Gasteiger partial charge in [-0.3, -0.25) is 5.41 Å². The molecular weight excluding hydrogens is 276 g/mol. The zero-order chi connectivity index (χ0) is 14.0. The SMILES string of the molecule is Cc1ccc(C)c(Sc2ccc(C(=N)N)cc2Cl)c1. The minimum absolute atomic E-state index is 0.0326. The van der Waals surface area contributed by atoms with Gasteiger partial charge in [0, 0.05) is 15.4 Å². The van der Waals surface area contributed by atoms with E-state index in [0.717, 1.165) is 4.90 Å². The molecule has 0 aliphatic heterocycles. The van der Waals surface area contributed by atoms with E-state index in [4.69, 9.17) is 22.7 Å². The lowest BCUT2D eigenvalue weighted by molar-refractivity contribution is 1.25. The molecule has 2 aromatic rings. The van der Waals surface area contributed by atoms with Crippen molar-refractivity contribution in [1.29, 1.82) is 5.41 Å². The summed E-state index contributed by atoms with van der Waals surface area (Å²) in [5, 5.41) is 8.02. The van der Waals surface area contributed by atoms with Crippen molar-refractivity contribution in [1.82, 2.24) is 0 Å². The number of hydrogen-bond donors (Lipinski definition) is 2. The van der Waals surface area contributed by atoms with Crippen molar-refractivity contribution >= 4 is 29.2 Å². The fourth-order valence-electron chi connectivity index (χ4n) is 1.69. The van der Waals surface area contributed by atoms with E-state index in [2.05, 4.69) is 32.0 Å². The average molecular weight is 291 g/mol. The fourth-order valence-corrected chi connectivity index (χ4v) is 2.99. The molecule has 0 saturated heterocycles. The normalized spacial score (nSPS) is 10.5. The monoisotopic (exact) mass is 290 g/mol. The van der Waals surface area contributed by atoms with Crippen LogP contribution in [0, 0.1) is 19.3 Å². The maximum Gasteiger partial charge on any atom is 0.122 e.